The van der Waals surface area contributed by atoms with Crippen LogP contribution >= 0.6 is 0 Å². The Morgan fingerprint density at radius 2 is 1.96 bits per heavy atom. The molecule has 25 heavy (non-hydrogen) atoms. The van der Waals surface area contributed by atoms with Crippen LogP contribution in [0.4, 0.5) is 5.69 Å². The molecule has 3 rings (SSSR count). The van der Waals surface area contributed by atoms with Gasteiger partial charge in [-0.1, -0.05) is 30.3 Å². The Bertz CT molecular complexity index is 776. The van der Waals surface area contributed by atoms with Crippen molar-refractivity contribution in [3.05, 3.63) is 59.7 Å². The number of hydrogen-bond donors (Lipinski definition) is 2. The summed E-state index contributed by atoms with van der Waals surface area (Å²) in [5, 5.41) is 12.7. The average Bonchev–Trinajstić information content (AvgIpc) is 2.63. The largest absolute Gasteiger partial charge is 0.507 e. The molecule has 0 aliphatic carbocycles. The quantitative estimate of drug-likeness (QED) is 0.842. The van der Waals surface area contributed by atoms with E-state index in [1.807, 2.05) is 30.3 Å². The minimum Gasteiger partial charge on any atom is -0.507 e. The van der Waals surface area contributed by atoms with Gasteiger partial charge in [-0.25, -0.2) is 0 Å². The molecule has 2 aromatic carbocycles. The highest BCUT2D eigenvalue weighted by Gasteiger charge is 2.27. The van der Waals surface area contributed by atoms with Crippen LogP contribution in [0.15, 0.2) is 48.5 Å². The Balaban J connectivity index is 1.79. The zero-order valence-corrected chi connectivity index (χ0v) is 13.9. The van der Waals surface area contributed by atoms with Crippen molar-refractivity contribution in [2.45, 2.75) is 13.0 Å². The second-order valence-electron chi connectivity index (χ2n) is 5.93. The SMILES string of the molecule is CC(=O)Nc1ccc(O)c(C(=O)N2CCOC(c3ccccc3)C2)c1. The van der Waals surface area contributed by atoms with Crippen LogP contribution in [0.1, 0.15) is 28.9 Å². The molecule has 1 heterocycles. The number of phenols is 1. The van der Waals surface area contributed by atoms with E-state index >= 15 is 0 Å². The number of carbonyl (C=O) groups excluding carboxylic acids is 2. The summed E-state index contributed by atoms with van der Waals surface area (Å²) in [5.74, 6) is -0.629. The zero-order chi connectivity index (χ0) is 17.8. The molecule has 1 unspecified atom stereocenters. The third-order valence-electron chi connectivity index (χ3n) is 4.07. The van der Waals surface area contributed by atoms with Crippen molar-refractivity contribution in [3.63, 3.8) is 0 Å². The van der Waals surface area contributed by atoms with Crippen molar-refractivity contribution >= 4 is 17.5 Å². The van der Waals surface area contributed by atoms with Crippen LogP contribution in [-0.2, 0) is 9.53 Å². The summed E-state index contributed by atoms with van der Waals surface area (Å²) in [6.45, 7) is 2.68. The van der Waals surface area contributed by atoms with Gasteiger partial charge < -0.3 is 20.1 Å². The number of morpholine rings is 1. The topological polar surface area (TPSA) is 78.9 Å². The van der Waals surface area contributed by atoms with E-state index in [9.17, 15) is 14.7 Å². The van der Waals surface area contributed by atoms with E-state index in [4.69, 9.17) is 4.74 Å². The van der Waals surface area contributed by atoms with Gasteiger partial charge in [0.15, 0.2) is 0 Å². The van der Waals surface area contributed by atoms with Gasteiger partial charge >= 0.3 is 0 Å². The first-order chi connectivity index (χ1) is 12.0. The molecular formula is C19H20N2O4. The predicted molar refractivity (Wildman–Crippen MR) is 93.4 cm³/mol. The average molecular weight is 340 g/mol. The highest BCUT2D eigenvalue weighted by Crippen LogP contribution is 2.27. The third-order valence-corrected chi connectivity index (χ3v) is 4.07. The molecule has 1 aliphatic heterocycles. The number of nitrogens with zero attached hydrogens (tertiary/aromatic N) is 1. The van der Waals surface area contributed by atoms with Crippen LogP contribution in [0.2, 0.25) is 0 Å². The molecule has 6 heteroatoms. The van der Waals surface area contributed by atoms with Gasteiger partial charge in [-0.3, -0.25) is 9.59 Å². The van der Waals surface area contributed by atoms with Crippen molar-refractivity contribution in [2.75, 3.05) is 25.0 Å². The monoisotopic (exact) mass is 340 g/mol. The Kier molecular flexibility index (Phi) is 5.00. The highest BCUT2D eigenvalue weighted by molar-refractivity contribution is 5.99. The lowest BCUT2D eigenvalue weighted by molar-refractivity contribution is -0.114. The second kappa shape index (κ2) is 7.36. The third kappa shape index (κ3) is 3.97. The number of ether oxygens (including phenoxy) is 1. The van der Waals surface area contributed by atoms with E-state index in [-0.39, 0.29) is 29.2 Å². The van der Waals surface area contributed by atoms with Crippen LogP contribution in [0, 0.1) is 0 Å². The smallest absolute Gasteiger partial charge is 0.257 e. The fraction of sp³-hybridized carbons (Fsp3) is 0.263. The van der Waals surface area contributed by atoms with Crippen LogP contribution in [-0.4, -0.2) is 41.5 Å². The number of aromatic hydroxyl groups is 1. The van der Waals surface area contributed by atoms with Crippen molar-refractivity contribution in [1.82, 2.24) is 4.90 Å². The van der Waals surface area contributed by atoms with E-state index in [2.05, 4.69) is 5.32 Å². The summed E-state index contributed by atoms with van der Waals surface area (Å²) in [7, 11) is 0. The maximum atomic E-state index is 12.8. The number of benzene rings is 2. The molecule has 6 nitrogen and oxygen atoms in total. The van der Waals surface area contributed by atoms with E-state index in [1.165, 1.54) is 19.1 Å². The van der Waals surface area contributed by atoms with Gasteiger partial charge in [-0.2, -0.15) is 0 Å². The van der Waals surface area contributed by atoms with Crippen LogP contribution in [0.3, 0.4) is 0 Å². The summed E-state index contributed by atoms with van der Waals surface area (Å²) in [4.78, 5) is 25.7. The fourth-order valence-electron chi connectivity index (χ4n) is 2.86. The molecule has 0 bridgehead atoms. The maximum absolute atomic E-state index is 12.8. The van der Waals surface area contributed by atoms with E-state index < -0.39 is 0 Å². The summed E-state index contributed by atoms with van der Waals surface area (Å²) >= 11 is 0. The Morgan fingerprint density at radius 1 is 1.20 bits per heavy atom. The first-order valence-electron chi connectivity index (χ1n) is 8.11. The van der Waals surface area contributed by atoms with E-state index in [1.54, 1.807) is 11.0 Å². The van der Waals surface area contributed by atoms with Gasteiger partial charge in [-0.15, -0.1) is 0 Å². The second-order valence-corrected chi connectivity index (χ2v) is 5.93. The molecule has 1 saturated heterocycles. The summed E-state index contributed by atoms with van der Waals surface area (Å²) in [5.41, 5.74) is 1.65. The number of nitrogens with one attached hydrogen (secondary N) is 1. The van der Waals surface area contributed by atoms with Crippen LogP contribution < -0.4 is 5.32 Å². The lowest BCUT2D eigenvalue weighted by Crippen LogP contribution is -2.42. The normalized spacial score (nSPS) is 17.2. The Hall–Kier alpha value is -2.86. The summed E-state index contributed by atoms with van der Waals surface area (Å²) in [6, 6.07) is 14.2. The molecule has 130 valence electrons. The zero-order valence-electron chi connectivity index (χ0n) is 13.9. The number of carbonyl (C=O) groups is 2. The first-order valence-corrected chi connectivity index (χ1v) is 8.11. The predicted octanol–water partition coefficient (Wildman–Crippen LogP) is 2.56. The minimum absolute atomic E-state index is 0.109. The van der Waals surface area contributed by atoms with Gasteiger partial charge in [0, 0.05) is 19.2 Å². The molecule has 0 saturated carbocycles. The van der Waals surface area contributed by atoms with E-state index in [0.29, 0.717) is 25.4 Å². The molecule has 0 spiro atoms. The number of anilines is 1. The van der Waals surface area contributed by atoms with Crippen molar-refractivity contribution in [2.24, 2.45) is 0 Å². The van der Waals surface area contributed by atoms with Gasteiger partial charge in [0.1, 0.15) is 11.9 Å². The standard InChI is InChI=1S/C19H20N2O4/c1-13(22)20-15-7-8-17(23)16(11-15)19(24)21-9-10-25-18(12-21)14-5-3-2-4-6-14/h2-8,11,18,23H,9-10,12H2,1H3,(H,20,22). The van der Waals surface area contributed by atoms with Gasteiger partial charge in [0.2, 0.25) is 5.91 Å². The molecule has 2 aromatic rings. The summed E-state index contributed by atoms with van der Waals surface area (Å²) < 4.78 is 5.77. The molecule has 0 radical (unpaired) electrons. The van der Waals surface area contributed by atoms with Crippen LogP contribution in [0.5, 0.6) is 5.75 Å². The molecular weight excluding hydrogens is 320 g/mol. The summed E-state index contributed by atoms with van der Waals surface area (Å²) in [6.07, 6.45) is -0.195. The lowest BCUT2D eigenvalue weighted by atomic mass is 10.1. The van der Waals surface area contributed by atoms with Gasteiger partial charge in [0.05, 0.1) is 18.7 Å². The fourth-order valence-corrected chi connectivity index (χ4v) is 2.86. The first kappa shape index (κ1) is 17.0. The van der Waals surface area contributed by atoms with Gasteiger partial charge in [0.25, 0.3) is 5.91 Å². The molecule has 0 aromatic heterocycles. The van der Waals surface area contributed by atoms with Crippen molar-refractivity contribution in [3.8, 4) is 5.75 Å². The highest BCUT2D eigenvalue weighted by atomic mass is 16.5. The molecule has 1 fully saturated rings. The molecule has 2 N–H and O–H groups in total. The maximum Gasteiger partial charge on any atom is 0.257 e. The Morgan fingerprint density at radius 3 is 2.68 bits per heavy atom. The number of phenolic OH excluding ortho intramolecular Hbond substituents is 1. The van der Waals surface area contributed by atoms with Crippen molar-refractivity contribution < 1.29 is 19.4 Å². The van der Waals surface area contributed by atoms with Crippen molar-refractivity contribution in [1.29, 1.82) is 0 Å². The number of rotatable bonds is 3. The van der Waals surface area contributed by atoms with Crippen LogP contribution in [0.25, 0.3) is 0 Å². The molecule has 1 aliphatic rings. The Labute approximate surface area is 146 Å². The van der Waals surface area contributed by atoms with Gasteiger partial charge in [-0.05, 0) is 23.8 Å². The number of amides is 2. The lowest BCUT2D eigenvalue weighted by Gasteiger charge is -2.33. The molecule has 1 atom stereocenters. The molecule has 2 amide bonds. The minimum atomic E-state index is -0.283. The van der Waals surface area contributed by atoms with E-state index in [0.717, 1.165) is 5.56 Å². The number of hydrogen-bond acceptors (Lipinski definition) is 4.